The van der Waals surface area contributed by atoms with Crippen molar-refractivity contribution in [2.24, 2.45) is 0 Å². The topological polar surface area (TPSA) is 38.3 Å². The maximum absolute atomic E-state index is 11.8. The largest absolute Gasteiger partial charge is 0.484 e. The Kier molecular flexibility index (Phi) is 4.99. The fourth-order valence-electron chi connectivity index (χ4n) is 2.06. The predicted octanol–water partition coefficient (Wildman–Crippen LogP) is 3.31. The highest BCUT2D eigenvalue weighted by Gasteiger charge is 2.05. The lowest BCUT2D eigenvalue weighted by Gasteiger charge is -2.10. The van der Waals surface area contributed by atoms with Crippen molar-refractivity contribution in [3.63, 3.8) is 0 Å². The Balaban J connectivity index is 1.80. The number of rotatable bonds is 5. The summed E-state index contributed by atoms with van der Waals surface area (Å²) in [5.74, 6) is 0.640. The van der Waals surface area contributed by atoms with Crippen LogP contribution in [0.3, 0.4) is 0 Å². The zero-order valence-corrected chi connectivity index (χ0v) is 12.8. The van der Waals surface area contributed by atoms with E-state index in [0.29, 0.717) is 6.54 Å². The second-order valence-electron chi connectivity index (χ2n) is 5.32. The Bertz CT molecular complexity index is 618. The van der Waals surface area contributed by atoms with Crippen LogP contribution in [0.1, 0.15) is 22.3 Å². The monoisotopic (exact) mass is 283 g/mol. The molecule has 2 aromatic carbocycles. The maximum Gasteiger partial charge on any atom is 0.258 e. The highest BCUT2D eigenvalue weighted by Crippen LogP contribution is 2.18. The van der Waals surface area contributed by atoms with Gasteiger partial charge in [-0.1, -0.05) is 47.5 Å². The second-order valence-corrected chi connectivity index (χ2v) is 5.32. The fourth-order valence-corrected chi connectivity index (χ4v) is 2.06. The molecule has 2 rings (SSSR count). The van der Waals surface area contributed by atoms with Crippen LogP contribution in [0.5, 0.6) is 5.75 Å². The van der Waals surface area contributed by atoms with E-state index in [1.54, 1.807) is 0 Å². The van der Waals surface area contributed by atoms with E-state index in [2.05, 4.69) is 5.32 Å². The van der Waals surface area contributed by atoms with Gasteiger partial charge in [0.15, 0.2) is 6.61 Å². The number of amides is 1. The van der Waals surface area contributed by atoms with Crippen LogP contribution >= 0.6 is 0 Å². The molecule has 3 heteroatoms. The molecule has 0 aromatic heterocycles. The Morgan fingerprint density at radius 3 is 2.33 bits per heavy atom. The first-order chi connectivity index (χ1) is 10.0. The Morgan fingerprint density at radius 2 is 1.67 bits per heavy atom. The molecule has 0 unspecified atom stereocenters. The molecule has 0 aliphatic carbocycles. The molecule has 0 saturated carbocycles. The van der Waals surface area contributed by atoms with Gasteiger partial charge in [-0.15, -0.1) is 0 Å². The number of benzene rings is 2. The molecule has 0 atom stereocenters. The Labute approximate surface area is 126 Å². The Hall–Kier alpha value is -2.29. The minimum absolute atomic E-state index is 0.0375. The average Bonchev–Trinajstić information content (AvgIpc) is 2.46. The van der Waals surface area contributed by atoms with Crippen molar-refractivity contribution < 1.29 is 9.53 Å². The van der Waals surface area contributed by atoms with Crippen LogP contribution in [0.4, 0.5) is 0 Å². The zero-order chi connectivity index (χ0) is 15.2. The molecule has 21 heavy (non-hydrogen) atoms. The van der Waals surface area contributed by atoms with Crippen molar-refractivity contribution in [3.05, 3.63) is 64.7 Å². The molecule has 0 radical (unpaired) electrons. The van der Waals surface area contributed by atoms with E-state index in [1.807, 2.05) is 63.2 Å². The van der Waals surface area contributed by atoms with Crippen LogP contribution in [-0.2, 0) is 11.3 Å². The van der Waals surface area contributed by atoms with Gasteiger partial charge in [0.05, 0.1) is 0 Å². The molecular weight excluding hydrogens is 262 g/mol. The molecule has 0 spiro atoms. The van der Waals surface area contributed by atoms with E-state index in [1.165, 1.54) is 11.1 Å². The average molecular weight is 283 g/mol. The molecule has 0 saturated heterocycles. The van der Waals surface area contributed by atoms with E-state index in [-0.39, 0.29) is 12.5 Å². The second kappa shape index (κ2) is 6.93. The minimum Gasteiger partial charge on any atom is -0.484 e. The number of aryl methyl sites for hydroxylation is 3. The minimum atomic E-state index is -0.115. The van der Waals surface area contributed by atoms with Crippen LogP contribution in [0.25, 0.3) is 0 Å². The molecule has 1 N–H and O–H groups in total. The molecule has 110 valence electrons. The van der Waals surface area contributed by atoms with Gasteiger partial charge in [-0.2, -0.15) is 0 Å². The maximum atomic E-state index is 11.8. The number of nitrogens with one attached hydrogen (secondary N) is 1. The Morgan fingerprint density at radius 1 is 1.00 bits per heavy atom. The first-order valence-electron chi connectivity index (χ1n) is 7.07. The SMILES string of the molecule is Cc1ccc(CNC(=O)COc2ccc(C)cc2C)cc1. The number of carbonyl (C=O) groups is 1. The summed E-state index contributed by atoms with van der Waals surface area (Å²) < 4.78 is 5.55. The van der Waals surface area contributed by atoms with Gasteiger partial charge >= 0.3 is 0 Å². The van der Waals surface area contributed by atoms with Gasteiger partial charge in [-0.3, -0.25) is 4.79 Å². The van der Waals surface area contributed by atoms with E-state index < -0.39 is 0 Å². The third kappa shape index (κ3) is 4.63. The first-order valence-corrected chi connectivity index (χ1v) is 7.07. The van der Waals surface area contributed by atoms with Gasteiger partial charge in [0.1, 0.15) is 5.75 Å². The molecule has 0 aliphatic heterocycles. The first kappa shape index (κ1) is 15.1. The molecule has 3 nitrogen and oxygen atoms in total. The van der Waals surface area contributed by atoms with Crippen molar-refractivity contribution >= 4 is 5.91 Å². The number of ether oxygens (including phenoxy) is 1. The molecule has 0 bridgehead atoms. The predicted molar refractivity (Wildman–Crippen MR) is 84.4 cm³/mol. The third-order valence-corrected chi connectivity index (χ3v) is 3.30. The molecular formula is C18H21NO2. The summed E-state index contributed by atoms with van der Waals surface area (Å²) >= 11 is 0. The van der Waals surface area contributed by atoms with Crippen molar-refractivity contribution in [3.8, 4) is 5.75 Å². The van der Waals surface area contributed by atoms with Gasteiger partial charge in [0, 0.05) is 6.54 Å². The van der Waals surface area contributed by atoms with Crippen LogP contribution in [0.15, 0.2) is 42.5 Å². The van der Waals surface area contributed by atoms with Crippen molar-refractivity contribution in [2.45, 2.75) is 27.3 Å². The summed E-state index contributed by atoms with van der Waals surface area (Å²) in [5, 5.41) is 2.86. The molecule has 2 aromatic rings. The van der Waals surface area contributed by atoms with Crippen LogP contribution in [-0.4, -0.2) is 12.5 Å². The van der Waals surface area contributed by atoms with Gasteiger partial charge in [0.2, 0.25) is 0 Å². The molecule has 1 amide bonds. The van der Waals surface area contributed by atoms with Crippen molar-refractivity contribution in [2.75, 3.05) is 6.61 Å². The van der Waals surface area contributed by atoms with Crippen molar-refractivity contribution in [1.82, 2.24) is 5.32 Å². The van der Waals surface area contributed by atoms with E-state index in [4.69, 9.17) is 4.74 Å². The van der Waals surface area contributed by atoms with Gasteiger partial charge < -0.3 is 10.1 Å². The number of hydrogen-bond acceptors (Lipinski definition) is 2. The van der Waals surface area contributed by atoms with Crippen LogP contribution in [0.2, 0.25) is 0 Å². The quantitative estimate of drug-likeness (QED) is 0.914. The summed E-state index contributed by atoms with van der Waals surface area (Å²) in [6.45, 7) is 6.61. The lowest BCUT2D eigenvalue weighted by Crippen LogP contribution is -2.28. The van der Waals surface area contributed by atoms with Gasteiger partial charge in [0.25, 0.3) is 5.91 Å². The normalized spacial score (nSPS) is 10.2. The third-order valence-electron chi connectivity index (χ3n) is 3.30. The van der Waals surface area contributed by atoms with Gasteiger partial charge in [-0.05, 0) is 38.0 Å². The molecule has 0 fully saturated rings. The summed E-state index contributed by atoms with van der Waals surface area (Å²) in [5.41, 5.74) is 4.52. The molecule has 0 heterocycles. The lowest BCUT2D eigenvalue weighted by molar-refractivity contribution is -0.123. The summed E-state index contributed by atoms with van der Waals surface area (Å²) in [6, 6.07) is 14.0. The van der Waals surface area contributed by atoms with Crippen LogP contribution < -0.4 is 10.1 Å². The van der Waals surface area contributed by atoms with E-state index in [9.17, 15) is 4.79 Å². The van der Waals surface area contributed by atoms with Gasteiger partial charge in [-0.25, -0.2) is 0 Å². The van der Waals surface area contributed by atoms with Crippen molar-refractivity contribution in [1.29, 1.82) is 0 Å². The van der Waals surface area contributed by atoms with Crippen LogP contribution in [0, 0.1) is 20.8 Å². The summed E-state index contributed by atoms with van der Waals surface area (Å²) in [6.07, 6.45) is 0. The summed E-state index contributed by atoms with van der Waals surface area (Å²) in [7, 11) is 0. The standard InChI is InChI=1S/C18H21NO2/c1-13-4-7-16(8-5-13)11-19-18(20)12-21-17-9-6-14(2)10-15(17)3/h4-10H,11-12H2,1-3H3,(H,19,20). The smallest absolute Gasteiger partial charge is 0.258 e. The number of hydrogen-bond donors (Lipinski definition) is 1. The lowest BCUT2D eigenvalue weighted by atomic mass is 10.1. The fraction of sp³-hybridized carbons (Fsp3) is 0.278. The zero-order valence-electron chi connectivity index (χ0n) is 12.8. The summed E-state index contributed by atoms with van der Waals surface area (Å²) in [4.78, 5) is 11.8. The van der Waals surface area contributed by atoms with E-state index >= 15 is 0 Å². The molecule has 0 aliphatic rings. The highest BCUT2D eigenvalue weighted by molar-refractivity contribution is 5.77. The number of carbonyl (C=O) groups excluding carboxylic acids is 1. The van der Waals surface area contributed by atoms with E-state index in [0.717, 1.165) is 16.9 Å². The highest BCUT2D eigenvalue weighted by atomic mass is 16.5.